The maximum Gasteiger partial charge on any atom is 0.410 e. The number of nitrogens with zero attached hydrogens (tertiary/aromatic N) is 7. The fraction of sp³-hybridized carbons (Fsp3) is 0.594. The van der Waals surface area contributed by atoms with E-state index in [0.29, 0.717) is 45.2 Å². The third-order valence-corrected chi connectivity index (χ3v) is 8.30. The molecule has 2 aromatic rings. The normalized spacial score (nSPS) is 20.6. The molecule has 2 fully saturated rings. The lowest BCUT2D eigenvalue weighted by Gasteiger charge is -2.41. The van der Waals surface area contributed by atoms with Gasteiger partial charge < -0.3 is 33.8 Å². The summed E-state index contributed by atoms with van der Waals surface area (Å²) >= 11 is 0. The van der Waals surface area contributed by atoms with Crippen molar-refractivity contribution in [2.45, 2.75) is 77.3 Å². The predicted octanol–water partition coefficient (Wildman–Crippen LogP) is 3.98. The van der Waals surface area contributed by atoms with Gasteiger partial charge in [-0.1, -0.05) is 30.3 Å². The smallest absolute Gasteiger partial charge is 0.410 e. The molecule has 0 spiro atoms. The number of fused-ring (bicyclic) bond motifs is 1. The van der Waals surface area contributed by atoms with Gasteiger partial charge in [-0.05, 0) is 59.2 Å². The molecule has 1 aromatic carbocycles. The molecule has 0 radical (unpaired) electrons. The number of ether oxygens (including phenoxy) is 3. The number of likely N-dealkylation sites (tertiary alicyclic amines) is 1. The van der Waals surface area contributed by atoms with E-state index in [1.54, 1.807) is 9.80 Å². The van der Waals surface area contributed by atoms with E-state index in [4.69, 9.17) is 24.2 Å². The van der Waals surface area contributed by atoms with Crippen LogP contribution in [0.1, 0.15) is 56.9 Å². The third-order valence-electron chi connectivity index (χ3n) is 8.30. The average molecular weight is 606 g/mol. The van der Waals surface area contributed by atoms with Crippen LogP contribution >= 0.6 is 0 Å². The zero-order valence-corrected chi connectivity index (χ0v) is 26.2. The van der Waals surface area contributed by atoms with Gasteiger partial charge in [-0.15, -0.1) is 0 Å². The van der Waals surface area contributed by atoms with Crippen LogP contribution < -0.4 is 9.64 Å². The summed E-state index contributed by atoms with van der Waals surface area (Å²) < 4.78 is 17.4. The number of piperazine rings is 1. The fourth-order valence-electron chi connectivity index (χ4n) is 5.93. The van der Waals surface area contributed by atoms with Crippen LogP contribution in [0.2, 0.25) is 0 Å². The number of carbonyl (C=O) groups excluding carboxylic acids is 2. The summed E-state index contributed by atoms with van der Waals surface area (Å²) in [5.41, 5.74) is 1.98. The summed E-state index contributed by atoms with van der Waals surface area (Å²) in [7, 11) is 2.10. The van der Waals surface area contributed by atoms with Gasteiger partial charge in [-0.2, -0.15) is 15.2 Å². The second-order valence-corrected chi connectivity index (χ2v) is 12.7. The summed E-state index contributed by atoms with van der Waals surface area (Å²) in [5.74, 6) is 0.730. The molecule has 0 aliphatic carbocycles. The lowest BCUT2D eigenvalue weighted by molar-refractivity contribution is 0.0220. The van der Waals surface area contributed by atoms with Crippen LogP contribution in [0.3, 0.4) is 0 Å². The number of anilines is 1. The first-order valence-corrected chi connectivity index (χ1v) is 15.4. The number of hydrogen-bond donors (Lipinski definition) is 0. The highest BCUT2D eigenvalue weighted by molar-refractivity contribution is 5.70. The van der Waals surface area contributed by atoms with Gasteiger partial charge in [-0.3, -0.25) is 0 Å². The molecule has 0 N–H and O–H groups in total. The van der Waals surface area contributed by atoms with Gasteiger partial charge in [0, 0.05) is 37.8 Å². The van der Waals surface area contributed by atoms with Gasteiger partial charge in [0.15, 0.2) is 0 Å². The van der Waals surface area contributed by atoms with Gasteiger partial charge in [0.2, 0.25) is 0 Å². The molecule has 3 aliphatic heterocycles. The van der Waals surface area contributed by atoms with Gasteiger partial charge in [0.05, 0.1) is 30.8 Å². The Morgan fingerprint density at radius 1 is 1.05 bits per heavy atom. The monoisotopic (exact) mass is 605 g/mol. The number of likely N-dealkylation sites (N-methyl/N-ethyl adjacent to an activating group) is 1. The Morgan fingerprint density at radius 3 is 2.55 bits per heavy atom. The quantitative estimate of drug-likeness (QED) is 0.458. The number of amides is 2. The Hall–Kier alpha value is -4.11. The first-order valence-electron chi connectivity index (χ1n) is 15.4. The molecule has 2 atom stereocenters. The predicted molar refractivity (Wildman–Crippen MR) is 163 cm³/mol. The largest absolute Gasteiger partial charge is 0.462 e. The van der Waals surface area contributed by atoms with Crippen LogP contribution in [0, 0.1) is 11.3 Å². The molecule has 236 valence electrons. The minimum atomic E-state index is -0.604. The number of carbonyl (C=O) groups is 2. The van der Waals surface area contributed by atoms with Gasteiger partial charge >= 0.3 is 18.2 Å². The molecule has 1 aromatic heterocycles. The van der Waals surface area contributed by atoms with E-state index in [-0.39, 0.29) is 37.7 Å². The number of aromatic nitrogens is 2. The maximum atomic E-state index is 13.1. The van der Waals surface area contributed by atoms with Crippen molar-refractivity contribution in [2.75, 3.05) is 51.3 Å². The van der Waals surface area contributed by atoms with E-state index in [9.17, 15) is 14.9 Å². The van der Waals surface area contributed by atoms with E-state index >= 15 is 0 Å². The van der Waals surface area contributed by atoms with Crippen LogP contribution in [0.5, 0.6) is 6.01 Å². The van der Waals surface area contributed by atoms with Gasteiger partial charge in [0.1, 0.15) is 24.6 Å². The zero-order chi connectivity index (χ0) is 31.3. The molecule has 0 saturated carbocycles. The SMILES string of the molecule is CN1CCCC1COc1nc2c(c(N3CCN(C(=O)OCc4ccccc4)[C@@H](CC#N)C3)n1)CCN(C(=O)OC(C)(C)C)C2. The summed E-state index contributed by atoms with van der Waals surface area (Å²) in [5, 5.41) is 9.63. The van der Waals surface area contributed by atoms with Crippen LogP contribution in [0.15, 0.2) is 30.3 Å². The Bertz CT molecular complexity index is 1360. The maximum absolute atomic E-state index is 13.1. The molecule has 44 heavy (non-hydrogen) atoms. The minimum Gasteiger partial charge on any atom is -0.462 e. The van der Waals surface area contributed by atoms with Gasteiger partial charge in [-0.25, -0.2) is 9.59 Å². The van der Waals surface area contributed by atoms with Crippen molar-refractivity contribution < 1.29 is 23.8 Å². The fourth-order valence-corrected chi connectivity index (χ4v) is 5.93. The van der Waals surface area contributed by atoms with Crippen LogP contribution in [-0.4, -0.2) is 101 Å². The lowest BCUT2D eigenvalue weighted by atomic mass is 10.0. The second-order valence-electron chi connectivity index (χ2n) is 12.7. The molecule has 1 unspecified atom stereocenters. The van der Waals surface area contributed by atoms with E-state index in [1.165, 1.54) is 0 Å². The Morgan fingerprint density at radius 2 is 1.84 bits per heavy atom. The lowest BCUT2D eigenvalue weighted by Crippen LogP contribution is -2.56. The highest BCUT2D eigenvalue weighted by atomic mass is 16.6. The molecule has 2 saturated heterocycles. The Balaban J connectivity index is 1.35. The zero-order valence-electron chi connectivity index (χ0n) is 26.2. The van der Waals surface area contributed by atoms with Crippen molar-refractivity contribution in [3.05, 3.63) is 47.2 Å². The summed E-state index contributed by atoms with van der Waals surface area (Å²) in [4.78, 5) is 43.4. The summed E-state index contributed by atoms with van der Waals surface area (Å²) in [6.07, 6.45) is 2.08. The van der Waals surface area contributed by atoms with Crippen molar-refractivity contribution in [3.8, 4) is 12.1 Å². The Labute approximate surface area is 259 Å². The van der Waals surface area contributed by atoms with Crippen LogP contribution in [0.4, 0.5) is 15.4 Å². The number of nitriles is 1. The van der Waals surface area contributed by atoms with Crippen molar-refractivity contribution in [2.24, 2.45) is 0 Å². The van der Waals surface area contributed by atoms with E-state index in [1.807, 2.05) is 51.1 Å². The third kappa shape index (κ3) is 7.69. The second kappa shape index (κ2) is 13.7. The topological polar surface area (TPSA) is 124 Å². The molecule has 5 rings (SSSR count). The van der Waals surface area contributed by atoms with Crippen molar-refractivity contribution >= 4 is 18.0 Å². The van der Waals surface area contributed by atoms with Crippen LogP contribution in [-0.2, 0) is 29.0 Å². The van der Waals surface area contributed by atoms with E-state index in [2.05, 4.69) is 22.9 Å². The first-order chi connectivity index (χ1) is 21.1. The standard InChI is InChI=1S/C32H43N7O5/c1-32(2,3)44-30(40)38-16-13-26-27(20-38)34-29(42-22-25-11-8-15-36(25)4)35-28(26)37-17-18-39(24(19-37)12-14-33)31(41)43-21-23-9-6-5-7-10-23/h5-7,9-10,24-25H,8,11-13,15-22H2,1-4H3/t24-,25?/m0/s1. The minimum absolute atomic E-state index is 0.161. The van der Waals surface area contributed by atoms with E-state index in [0.717, 1.165) is 42.0 Å². The Kier molecular flexibility index (Phi) is 9.74. The summed E-state index contributed by atoms with van der Waals surface area (Å²) in [6.45, 7) is 9.29. The van der Waals surface area contributed by atoms with Crippen molar-refractivity contribution in [1.82, 2.24) is 24.7 Å². The first kappa shape index (κ1) is 31.3. The van der Waals surface area contributed by atoms with Crippen LogP contribution in [0.25, 0.3) is 0 Å². The molecular weight excluding hydrogens is 562 g/mol. The van der Waals surface area contributed by atoms with Crippen molar-refractivity contribution in [1.29, 1.82) is 5.26 Å². The molecule has 3 aliphatic rings. The summed E-state index contributed by atoms with van der Waals surface area (Å²) in [6, 6.07) is 12.0. The molecule has 12 nitrogen and oxygen atoms in total. The average Bonchev–Trinajstić information content (AvgIpc) is 3.42. The number of rotatable bonds is 7. The molecular formula is C32H43N7O5. The number of benzene rings is 1. The molecule has 4 heterocycles. The van der Waals surface area contributed by atoms with E-state index < -0.39 is 11.7 Å². The molecule has 0 bridgehead atoms. The highest BCUT2D eigenvalue weighted by Crippen LogP contribution is 2.31. The molecule has 12 heteroatoms. The molecule has 2 amide bonds. The highest BCUT2D eigenvalue weighted by Gasteiger charge is 2.36. The number of hydrogen-bond acceptors (Lipinski definition) is 10. The van der Waals surface area contributed by atoms with Gasteiger partial charge in [0.25, 0.3) is 0 Å². The van der Waals surface area contributed by atoms with Crippen molar-refractivity contribution in [3.63, 3.8) is 0 Å².